The maximum absolute atomic E-state index is 13.9. The molecule has 2 aliphatic heterocycles. The van der Waals surface area contributed by atoms with Gasteiger partial charge in [-0.15, -0.1) is 8.98 Å². The SMILES string of the molecule is O=c1c2c(n(SF)c3nc(C4=CCOCC4)nn13)CCC21CCNCC1. The van der Waals surface area contributed by atoms with Crippen LogP contribution in [-0.4, -0.2) is 44.9 Å². The first-order chi connectivity index (χ1) is 12.7. The minimum absolute atomic E-state index is 0.114. The molecular formula is C17H20FN5O2S. The molecule has 26 heavy (non-hydrogen) atoms. The van der Waals surface area contributed by atoms with Gasteiger partial charge in [-0.1, -0.05) is 6.08 Å². The van der Waals surface area contributed by atoms with Crippen LogP contribution in [0.1, 0.15) is 42.8 Å². The van der Waals surface area contributed by atoms with Gasteiger partial charge in [-0.3, -0.25) is 4.79 Å². The number of hydrogen-bond donors (Lipinski definition) is 1. The molecule has 2 aromatic heterocycles. The zero-order valence-electron chi connectivity index (χ0n) is 14.3. The molecular weight excluding hydrogens is 357 g/mol. The Labute approximate surface area is 154 Å². The van der Waals surface area contributed by atoms with E-state index < -0.39 is 0 Å². The second-order valence-electron chi connectivity index (χ2n) is 7.22. The molecule has 5 rings (SSSR count). The van der Waals surface area contributed by atoms with E-state index in [1.165, 1.54) is 8.49 Å². The van der Waals surface area contributed by atoms with Crippen LogP contribution in [0.4, 0.5) is 3.89 Å². The zero-order valence-corrected chi connectivity index (χ0v) is 15.1. The van der Waals surface area contributed by atoms with Crippen molar-refractivity contribution in [1.29, 1.82) is 0 Å². The highest BCUT2D eigenvalue weighted by Crippen LogP contribution is 2.44. The quantitative estimate of drug-likeness (QED) is 0.858. The van der Waals surface area contributed by atoms with Gasteiger partial charge >= 0.3 is 0 Å². The summed E-state index contributed by atoms with van der Waals surface area (Å²) in [5.41, 5.74) is 2.18. The average Bonchev–Trinajstić information content (AvgIpc) is 3.27. The van der Waals surface area contributed by atoms with Crippen LogP contribution in [0.3, 0.4) is 0 Å². The van der Waals surface area contributed by atoms with Crippen molar-refractivity contribution in [3.05, 3.63) is 33.5 Å². The molecule has 0 bridgehead atoms. The molecule has 0 unspecified atom stereocenters. The molecule has 9 heteroatoms. The first-order valence-corrected chi connectivity index (χ1v) is 9.73. The normalized spacial score (nSPS) is 22.0. The van der Waals surface area contributed by atoms with Gasteiger partial charge in [0.25, 0.3) is 5.56 Å². The van der Waals surface area contributed by atoms with Gasteiger partial charge in [-0.2, -0.15) is 9.50 Å². The van der Waals surface area contributed by atoms with Gasteiger partial charge in [0, 0.05) is 16.7 Å². The Morgan fingerprint density at radius 3 is 2.85 bits per heavy atom. The van der Waals surface area contributed by atoms with E-state index in [0.717, 1.165) is 49.2 Å². The van der Waals surface area contributed by atoms with Gasteiger partial charge in [0.1, 0.15) is 0 Å². The lowest BCUT2D eigenvalue weighted by Gasteiger charge is -2.34. The molecule has 2 aromatic rings. The van der Waals surface area contributed by atoms with E-state index in [-0.39, 0.29) is 29.1 Å². The van der Waals surface area contributed by atoms with Crippen molar-refractivity contribution in [2.24, 2.45) is 0 Å². The van der Waals surface area contributed by atoms with Crippen molar-refractivity contribution >= 4 is 23.7 Å². The fourth-order valence-corrected chi connectivity index (χ4v) is 5.06. The Bertz CT molecular complexity index is 960. The standard InChI is InChI=1S/C17H20FN5O2S/c18-26-23-12-1-4-17(5-7-19-8-6-17)13(12)15(24)22-16(23)20-14(21-22)11-2-9-25-10-3-11/h2,19H,1,3-10H2. The number of halogens is 1. The summed E-state index contributed by atoms with van der Waals surface area (Å²) >= 11 is 0.114. The first-order valence-electron chi connectivity index (χ1n) is 9.06. The van der Waals surface area contributed by atoms with E-state index >= 15 is 0 Å². The lowest BCUT2D eigenvalue weighted by Crippen LogP contribution is -2.42. The van der Waals surface area contributed by atoms with E-state index in [9.17, 15) is 8.68 Å². The van der Waals surface area contributed by atoms with Gasteiger partial charge in [-0.05, 0) is 50.8 Å². The second-order valence-corrected chi connectivity index (χ2v) is 7.73. The fourth-order valence-electron chi connectivity index (χ4n) is 4.61. The van der Waals surface area contributed by atoms with Crippen molar-refractivity contribution < 1.29 is 8.62 Å². The number of rotatable bonds is 2. The summed E-state index contributed by atoms with van der Waals surface area (Å²) in [6, 6.07) is 0. The van der Waals surface area contributed by atoms with E-state index in [1.807, 2.05) is 6.08 Å². The summed E-state index contributed by atoms with van der Waals surface area (Å²) < 4.78 is 22.0. The molecule has 0 atom stereocenters. The van der Waals surface area contributed by atoms with Crippen molar-refractivity contribution in [3.8, 4) is 0 Å². The van der Waals surface area contributed by atoms with Crippen LogP contribution in [0.2, 0.25) is 0 Å². The molecule has 3 aliphatic rings. The van der Waals surface area contributed by atoms with Crippen LogP contribution in [0, 0.1) is 0 Å². The summed E-state index contributed by atoms with van der Waals surface area (Å²) in [5.74, 6) is 0.769. The average molecular weight is 377 g/mol. The largest absolute Gasteiger partial charge is 0.377 e. The lowest BCUT2D eigenvalue weighted by molar-refractivity contribution is 0.161. The zero-order chi connectivity index (χ0) is 17.7. The molecule has 1 spiro atoms. The number of nitrogens with zero attached hydrogens (tertiary/aromatic N) is 4. The highest BCUT2D eigenvalue weighted by Gasteiger charge is 2.44. The Balaban J connectivity index is 1.74. The molecule has 7 nitrogen and oxygen atoms in total. The summed E-state index contributed by atoms with van der Waals surface area (Å²) in [4.78, 5) is 17.8. The number of piperidine rings is 1. The van der Waals surface area contributed by atoms with E-state index in [2.05, 4.69) is 15.4 Å². The second kappa shape index (κ2) is 6.17. The summed E-state index contributed by atoms with van der Waals surface area (Å²) in [6.07, 6.45) is 6.03. The first kappa shape index (κ1) is 16.5. The van der Waals surface area contributed by atoms with E-state index in [4.69, 9.17) is 4.74 Å². The Kier molecular flexibility index (Phi) is 3.91. The van der Waals surface area contributed by atoms with Crippen LogP contribution >= 0.6 is 12.3 Å². The van der Waals surface area contributed by atoms with Crippen LogP contribution in [0.5, 0.6) is 0 Å². The number of ether oxygens (including phenoxy) is 1. The summed E-state index contributed by atoms with van der Waals surface area (Å²) in [5, 5.41) is 7.81. The highest BCUT2D eigenvalue weighted by atomic mass is 32.2. The molecule has 4 heterocycles. The maximum Gasteiger partial charge on any atom is 0.279 e. The predicted octanol–water partition coefficient (Wildman–Crippen LogP) is 1.64. The van der Waals surface area contributed by atoms with Crippen LogP contribution < -0.4 is 10.9 Å². The van der Waals surface area contributed by atoms with Crippen LogP contribution in [0.15, 0.2) is 10.9 Å². The van der Waals surface area contributed by atoms with Gasteiger partial charge in [0.15, 0.2) is 18.2 Å². The number of aromatic nitrogens is 4. The summed E-state index contributed by atoms with van der Waals surface area (Å²) in [7, 11) is 0. The van der Waals surface area contributed by atoms with E-state index in [1.54, 1.807) is 0 Å². The molecule has 0 aromatic carbocycles. The van der Waals surface area contributed by atoms with Crippen LogP contribution in [-0.2, 0) is 16.6 Å². The van der Waals surface area contributed by atoms with Crippen molar-refractivity contribution in [1.82, 2.24) is 23.9 Å². The topological polar surface area (TPSA) is 73.5 Å². The molecule has 1 aliphatic carbocycles. The third-order valence-electron chi connectivity index (χ3n) is 5.96. The highest BCUT2D eigenvalue weighted by molar-refractivity contribution is 7.92. The molecule has 0 radical (unpaired) electrons. The molecule has 1 N–H and O–H groups in total. The lowest BCUT2D eigenvalue weighted by atomic mass is 9.75. The minimum atomic E-state index is -0.159. The third kappa shape index (κ3) is 2.30. The number of fused-ring (bicyclic) bond motifs is 3. The fraction of sp³-hybridized carbons (Fsp3) is 0.588. The van der Waals surface area contributed by atoms with Crippen molar-refractivity contribution in [2.75, 3.05) is 26.3 Å². The van der Waals surface area contributed by atoms with E-state index in [0.29, 0.717) is 31.9 Å². The smallest absolute Gasteiger partial charge is 0.279 e. The maximum atomic E-state index is 13.9. The number of nitrogens with one attached hydrogen (secondary N) is 1. The minimum Gasteiger partial charge on any atom is -0.377 e. The molecule has 0 amide bonds. The molecule has 1 fully saturated rings. The monoisotopic (exact) mass is 377 g/mol. The van der Waals surface area contributed by atoms with Crippen molar-refractivity contribution in [2.45, 2.75) is 37.5 Å². The Hall–Kier alpha value is -1.71. The molecule has 0 saturated carbocycles. The molecule has 138 valence electrons. The Morgan fingerprint density at radius 1 is 1.27 bits per heavy atom. The van der Waals surface area contributed by atoms with Crippen LogP contribution in [0.25, 0.3) is 11.4 Å². The predicted molar refractivity (Wildman–Crippen MR) is 96.9 cm³/mol. The van der Waals surface area contributed by atoms with Gasteiger partial charge in [0.05, 0.1) is 13.2 Å². The summed E-state index contributed by atoms with van der Waals surface area (Å²) in [6.45, 7) is 2.89. The number of hydrogen-bond acceptors (Lipinski definition) is 6. The molecule has 1 saturated heterocycles. The van der Waals surface area contributed by atoms with Gasteiger partial charge in [0.2, 0.25) is 5.78 Å². The Morgan fingerprint density at radius 2 is 2.12 bits per heavy atom. The van der Waals surface area contributed by atoms with Gasteiger partial charge in [-0.25, -0.2) is 3.97 Å². The third-order valence-corrected chi connectivity index (χ3v) is 6.48. The van der Waals surface area contributed by atoms with Crippen molar-refractivity contribution in [3.63, 3.8) is 0 Å². The van der Waals surface area contributed by atoms with Gasteiger partial charge < -0.3 is 10.1 Å².